The van der Waals surface area contributed by atoms with Gasteiger partial charge in [-0.2, -0.15) is 0 Å². The van der Waals surface area contributed by atoms with Crippen LogP contribution in [0.4, 0.5) is 4.39 Å². The van der Waals surface area contributed by atoms with Gasteiger partial charge < -0.3 is 4.90 Å². The van der Waals surface area contributed by atoms with E-state index in [1.54, 1.807) is 6.92 Å². The first-order valence-corrected chi connectivity index (χ1v) is 9.35. The zero-order chi connectivity index (χ0) is 16.2. The van der Waals surface area contributed by atoms with Gasteiger partial charge in [-0.05, 0) is 69.0 Å². The van der Waals surface area contributed by atoms with E-state index in [1.807, 2.05) is 0 Å². The van der Waals surface area contributed by atoms with Gasteiger partial charge in [0, 0.05) is 13.1 Å². The summed E-state index contributed by atoms with van der Waals surface area (Å²) in [4.78, 5) is 2.52. The summed E-state index contributed by atoms with van der Waals surface area (Å²) in [5.74, 6) is 0.339. The second-order valence-corrected chi connectivity index (χ2v) is 7.98. The van der Waals surface area contributed by atoms with Crippen molar-refractivity contribution in [2.45, 2.75) is 38.0 Å². The van der Waals surface area contributed by atoms with Gasteiger partial charge in [0.25, 0.3) is 0 Å². The van der Waals surface area contributed by atoms with Crippen molar-refractivity contribution in [3.8, 4) is 0 Å². The lowest BCUT2D eigenvalue weighted by atomic mass is 10.0. The lowest BCUT2D eigenvalue weighted by molar-refractivity contribution is 0.182. The number of hydrogen-bond acceptors (Lipinski definition) is 3. The quantitative estimate of drug-likeness (QED) is 0.817. The highest BCUT2D eigenvalue weighted by atomic mass is 32.2. The number of nitrogens with zero attached hydrogens (tertiary/aromatic N) is 1. The van der Waals surface area contributed by atoms with Crippen molar-refractivity contribution in [3.63, 3.8) is 0 Å². The van der Waals surface area contributed by atoms with Crippen molar-refractivity contribution in [2.75, 3.05) is 26.2 Å². The zero-order valence-electron chi connectivity index (χ0n) is 13.3. The number of halogens is 1. The highest BCUT2D eigenvalue weighted by Gasteiger charge is 2.17. The predicted molar refractivity (Wildman–Crippen MR) is 85.8 cm³/mol. The fraction of sp³-hybridized carbons (Fsp3) is 0.625. The monoisotopic (exact) mass is 328 g/mol. The zero-order valence-corrected chi connectivity index (χ0v) is 14.1. The normalized spacial score (nSPS) is 20.2. The van der Waals surface area contributed by atoms with Crippen molar-refractivity contribution in [1.29, 1.82) is 0 Å². The number of nitrogens with one attached hydrogen (secondary N) is 1. The van der Waals surface area contributed by atoms with Crippen LogP contribution in [0, 0.1) is 18.7 Å². The fourth-order valence-corrected chi connectivity index (χ4v) is 4.03. The van der Waals surface area contributed by atoms with Gasteiger partial charge >= 0.3 is 0 Å². The Kier molecular flexibility index (Phi) is 5.94. The van der Waals surface area contributed by atoms with Crippen LogP contribution in [-0.4, -0.2) is 39.5 Å². The van der Waals surface area contributed by atoms with E-state index >= 15 is 0 Å². The number of benzene rings is 1. The topological polar surface area (TPSA) is 49.4 Å². The number of piperidine rings is 1. The van der Waals surface area contributed by atoms with Crippen LogP contribution in [0.3, 0.4) is 0 Å². The summed E-state index contributed by atoms with van der Waals surface area (Å²) in [7, 11) is -3.55. The third-order valence-corrected chi connectivity index (χ3v) is 5.58. The predicted octanol–water partition coefficient (Wildman–Crippen LogP) is 2.53. The summed E-state index contributed by atoms with van der Waals surface area (Å²) in [6.07, 6.45) is 3.29. The number of rotatable bonds is 6. The highest BCUT2D eigenvalue weighted by molar-refractivity contribution is 7.89. The number of sulfonamides is 1. The van der Waals surface area contributed by atoms with E-state index in [0.717, 1.165) is 32.0 Å². The first-order valence-electron chi connectivity index (χ1n) is 7.86. The van der Waals surface area contributed by atoms with Gasteiger partial charge in [0.1, 0.15) is 5.82 Å². The van der Waals surface area contributed by atoms with Crippen LogP contribution in [-0.2, 0) is 10.0 Å². The maximum atomic E-state index is 13.2. The van der Waals surface area contributed by atoms with E-state index in [0.29, 0.717) is 12.1 Å². The van der Waals surface area contributed by atoms with E-state index in [1.165, 1.54) is 31.0 Å². The molecule has 0 spiro atoms. The molecule has 0 aliphatic carbocycles. The Morgan fingerprint density at radius 3 is 2.86 bits per heavy atom. The molecule has 6 heteroatoms. The van der Waals surface area contributed by atoms with Crippen LogP contribution < -0.4 is 4.72 Å². The smallest absolute Gasteiger partial charge is 0.240 e. The molecule has 1 N–H and O–H groups in total. The van der Waals surface area contributed by atoms with Gasteiger partial charge in [-0.1, -0.05) is 6.92 Å². The fourth-order valence-electron chi connectivity index (χ4n) is 2.87. The molecule has 2 rings (SSSR count). The van der Waals surface area contributed by atoms with Gasteiger partial charge in [-0.3, -0.25) is 0 Å². The van der Waals surface area contributed by atoms with Gasteiger partial charge in [0.2, 0.25) is 10.0 Å². The summed E-state index contributed by atoms with van der Waals surface area (Å²) < 4.78 is 40.1. The molecule has 0 aromatic heterocycles. The average molecular weight is 328 g/mol. The summed E-state index contributed by atoms with van der Waals surface area (Å²) in [6, 6.07) is 3.86. The van der Waals surface area contributed by atoms with Crippen LogP contribution in [0.5, 0.6) is 0 Å². The molecule has 1 aromatic carbocycles. The molecular weight excluding hydrogens is 303 g/mol. The minimum atomic E-state index is -3.55. The molecule has 0 unspecified atom stereocenters. The molecule has 1 atom stereocenters. The average Bonchev–Trinajstić information content (AvgIpc) is 2.46. The van der Waals surface area contributed by atoms with E-state index in [2.05, 4.69) is 16.5 Å². The number of hydrogen-bond donors (Lipinski definition) is 1. The largest absolute Gasteiger partial charge is 0.303 e. The maximum Gasteiger partial charge on any atom is 0.240 e. The van der Waals surface area contributed by atoms with E-state index < -0.39 is 15.8 Å². The molecule has 4 nitrogen and oxygen atoms in total. The molecule has 1 aromatic rings. The molecule has 0 radical (unpaired) electrons. The number of aryl methyl sites for hydroxylation is 1. The molecule has 1 fully saturated rings. The van der Waals surface area contributed by atoms with Crippen LogP contribution in [0.25, 0.3) is 0 Å². The van der Waals surface area contributed by atoms with Crippen molar-refractivity contribution in [1.82, 2.24) is 9.62 Å². The molecule has 1 aliphatic heterocycles. The van der Waals surface area contributed by atoms with Crippen LogP contribution >= 0.6 is 0 Å². The molecule has 0 bridgehead atoms. The minimum absolute atomic E-state index is 0.123. The van der Waals surface area contributed by atoms with Crippen LogP contribution in [0.1, 0.15) is 31.7 Å². The van der Waals surface area contributed by atoms with Crippen molar-refractivity contribution in [2.24, 2.45) is 5.92 Å². The van der Waals surface area contributed by atoms with Gasteiger partial charge in [0.15, 0.2) is 0 Å². The Hall–Kier alpha value is -0.980. The Labute approximate surface area is 132 Å². The summed E-state index contributed by atoms with van der Waals surface area (Å²) in [5.41, 5.74) is 0.338. The van der Waals surface area contributed by atoms with Gasteiger partial charge in [-0.15, -0.1) is 0 Å². The van der Waals surface area contributed by atoms with Crippen molar-refractivity contribution in [3.05, 3.63) is 29.6 Å². The summed E-state index contributed by atoms with van der Waals surface area (Å²) >= 11 is 0. The molecule has 1 saturated heterocycles. The Bertz CT molecular complexity index is 604. The molecule has 0 saturated carbocycles. The summed E-state index contributed by atoms with van der Waals surface area (Å²) in [6.45, 7) is 7.34. The standard InChI is InChI=1S/C16H25FN2O2S/c1-13-5-3-9-19(12-13)10-4-8-18-22(20,21)15-6-7-16(17)14(2)11-15/h6-7,11,13,18H,3-5,8-10,12H2,1-2H3/t13-/m0/s1. The Balaban J connectivity index is 1.81. The minimum Gasteiger partial charge on any atom is -0.303 e. The van der Waals surface area contributed by atoms with Crippen LogP contribution in [0.2, 0.25) is 0 Å². The second kappa shape index (κ2) is 7.53. The molecule has 22 heavy (non-hydrogen) atoms. The third-order valence-electron chi connectivity index (χ3n) is 4.12. The molecule has 1 heterocycles. The highest BCUT2D eigenvalue weighted by Crippen LogP contribution is 2.16. The summed E-state index contributed by atoms with van der Waals surface area (Å²) in [5, 5.41) is 0. The first-order chi connectivity index (χ1) is 10.4. The lowest BCUT2D eigenvalue weighted by Crippen LogP contribution is -2.36. The molecule has 1 aliphatic rings. The van der Waals surface area contributed by atoms with E-state index in [-0.39, 0.29) is 4.90 Å². The second-order valence-electron chi connectivity index (χ2n) is 6.21. The van der Waals surface area contributed by atoms with E-state index in [9.17, 15) is 12.8 Å². The van der Waals surface area contributed by atoms with Gasteiger partial charge in [0.05, 0.1) is 4.90 Å². The molecule has 124 valence electrons. The third kappa shape index (κ3) is 4.76. The van der Waals surface area contributed by atoms with E-state index in [4.69, 9.17) is 0 Å². The first kappa shape index (κ1) is 17.4. The lowest BCUT2D eigenvalue weighted by Gasteiger charge is -2.30. The van der Waals surface area contributed by atoms with Crippen LogP contribution in [0.15, 0.2) is 23.1 Å². The Morgan fingerprint density at radius 2 is 2.18 bits per heavy atom. The van der Waals surface area contributed by atoms with Gasteiger partial charge in [-0.25, -0.2) is 17.5 Å². The maximum absolute atomic E-state index is 13.2. The Morgan fingerprint density at radius 1 is 1.41 bits per heavy atom. The SMILES string of the molecule is Cc1cc(S(=O)(=O)NCCCN2CCC[C@H](C)C2)ccc1F. The van der Waals surface area contributed by atoms with Crippen molar-refractivity contribution < 1.29 is 12.8 Å². The molecular formula is C16H25FN2O2S. The number of likely N-dealkylation sites (tertiary alicyclic amines) is 1. The molecule has 0 amide bonds. The van der Waals surface area contributed by atoms with Crippen molar-refractivity contribution >= 4 is 10.0 Å².